The fourth-order valence-corrected chi connectivity index (χ4v) is 3.35. The molecule has 1 rings (SSSR count). The predicted molar refractivity (Wildman–Crippen MR) is 89.3 cm³/mol. The van der Waals surface area contributed by atoms with Crippen LogP contribution in [0.1, 0.15) is 46.5 Å². The topological polar surface area (TPSA) is 44.4 Å². The summed E-state index contributed by atoms with van der Waals surface area (Å²) in [6.45, 7) is 9.80. The normalized spacial score (nSPS) is 19.8. The molecule has 21 heavy (non-hydrogen) atoms. The lowest BCUT2D eigenvalue weighted by molar-refractivity contribution is -0.123. The van der Waals surface area contributed by atoms with Gasteiger partial charge in [0.25, 0.3) is 0 Å². The molecule has 0 aromatic heterocycles. The van der Waals surface area contributed by atoms with Gasteiger partial charge in [-0.05, 0) is 64.2 Å². The van der Waals surface area contributed by atoms with Crippen molar-refractivity contribution in [1.82, 2.24) is 15.5 Å². The summed E-state index contributed by atoms with van der Waals surface area (Å²) < 4.78 is 0. The molecule has 0 spiro atoms. The molecule has 1 aliphatic rings. The van der Waals surface area contributed by atoms with Crippen LogP contribution in [-0.4, -0.2) is 50.6 Å². The maximum atomic E-state index is 12.3. The fourth-order valence-electron chi connectivity index (χ4n) is 3.35. The van der Waals surface area contributed by atoms with Crippen molar-refractivity contribution in [1.29, 1.82) is 0 Å². The smallest absolute Gasteiger partial charge is 0.220 e. The number of rotatable bonds is 8. The highest BCUT2D eigenvalue weighted by molar-refractivity contribution is 5.76. The van der Waals surface area contributed by atoms with Crippen LogP contribution in [0.3, 0.4) is 0 Å². The molecule has 124 valence electrons. The molecule has 1 aliphatic heterocycles. The van der Waals surface area contributed by atoms with E-state index in [9.17, 15) is 4.79 Å². The Morgan fingerprint density at radius 2 is 1.86 bits per heavy atom. The SMILES string of the molecule is CC(C)CC(CN(C)C)NC(=O)CC(C)C1CCNCC1. The molecule has 1 amide bonds. The molecule has 0 aromatic carbocycles. The summed E-state index contributed by atoms with van der Waals surface area (Å²) >= 11 is 0. The van der Waals surface area contributed by atoms with E-state index in [1.54, 1.807) is 0 Å². The highest BCUT2D eigenvalue weighted by Crippen LogP contribution is 2.24. The van der Waals surface area contributed by atoms with Crippen LogP contribution in [0.15, 0.2) is 0 Å². The highest BCUT2D eigenvalue weighted by Gasteiger charge is 2.23. The first kappa shape index (κ1) is 18.4. The number of nitrogens with one attached hydrogen (secondary N) is 2. The second-order valence-electron chi connectivity index (χ2n) is 7.43. The first-order chi connectivity index (χ1) is 9.88. The summed E-state index contributed by atoms with van der Waals surface area (Å²) in [5.74, 6) is 2.03. The third-order valence-electron chi connectivity index (χ3n) is 4.40. The van der Waals surface area contributed by atoms with Crippen molar-refractivity contribution in [3.05, 3.63) is 0 Å². The molecule has 0 aromatic rings. The number of hydrogen-bond acceptors (Lipinski definition) is 3. The van der Waals surface area contributed by atoms with E-state index in [1.165, 1.54) is 12.8 Å². The molecule has 4 heteroatoms. The molecule has 2 N–H and O–H groups in total. The van der Waals surface area contributed by atoms with Crippen LogP contribution in [0, 0.1) is 17.8 Å². The van der Waals surface area contributed by atoms with Gasteiger partial charge in [0, 0.05) is 19.0 Å². The summed E-state index contributed by atoms with van der Waals surface area (Å²) in [7, 11) is 4.13. The van der Waals surface area contributed by atoms with E-state index in [4.69, 9.17) is 0 Å². The molecule has 0 aliphatic carbocycles. The lowest BCUT2D eigenvalue weighted by Crippen LogP contribution is -2.43. The van der Waals surface area contributed by atoms with Crippen molar-refractivity contribution in [3.8, 4) is 0 Å². The molecule has 2 atom stereocenters. The Labute approximate surface area is 131 Å². The minimum Gasteiger partial charge on any atom is -0.352 e. The second-order valence-corrected chi connectivity index (χ2v) is 7.43. The lowest BCUT2D eigenvalue weighted by atomic mass is 9.84. The third-order valence-corrected chi connectivity index (χ3v) is 4.40. The number of carbonyl (C=O) groups excluding carboxylic acids is 1. The Kier molecular flexibility index (Phi) is 8.27. The van der Waals surface area contributed by atoms with Crippen molar-refractivity contribution in [2.24, 2.45) is 17.8 Å². The van der Waals surface area contributed by atoms with Crippen molar-refractivity contribution in [3.63, 3.8) is 0 Å². The van der Waals surface area contributed by atoms with Gasteiger partial charge in [-0.1, -0.05) is 20.8 Å². The molecule has 0 bridgehead atoms. The molecule has 0 saturated carbocycles. The molecule has 0 radical (unpaired) electrons. The largest absolute Gasteiger partial charge is 0.352 e. The summed E-state index contributed by atoms with van der Waals surface area (Å²) in [5.41, 5.74) is 0. The summed E-state index contributed by atoms with van der Waals surface area (Å²) in [6.07, 6.45) is 4.14. The van der Waals surface area contributed by atoms with Gasteiger partial charge < -0.3 is 15.5 Å². The monoisotopic (exact) mass is 297 g/mol. The highest BCUT2D eigenvalue weighted by atomic mass is 16.1. The van der Waals surface area contributed by atoms with Crippen molar-refractivity contribution in [2.45, 2.75) is 52.5 Å². The lowest BCUT2D eigenvalue weighted by Gasteiger charge is -2.29. The zero-order valence-electron chi connectivity index (χ0n) is 14.6. The van der Waals surface area contributed by atoms with Gasteiger partial charge in [0.2, 0.25) is 5.91 Å². The van der Waals surface area contributed by atoms with Crippen molar-refractivity contribution < 1.29 is 4.79 Å². The Morgan fingerprint density at radius 3 is 2.38 bits per heavy atom. The van der Waals surface area contributed by atoms with Crippen molar-refractivity contribution >= 4 is 5.91 Å². The molecule has 1 saturated heterocycles. The maximum Gasteiger partial charge on any atom is 0.220 e. The Bertz CT molecular complexity index is 288. The number of hydrogen-bond donors (Lipinski definition) is 2. The number of nitrogens with zero attached hydrogens (tertiary/aromatic N) is 1. The molecule has 2 unspecified atom stereocenters. The summed E-state index contributed by atoms with van der Waals surface area (Å²) in [5, 5.41) is 6.65. The van der Waals surface area contributed by atoms with Crippen LogP contribution >= 0.6 is 0 Å². The van der Waals surface area contributed by atoms with Gasteiger partial charge in [0.1, 0.15) is 0 Å². The van der Waals surface area contributed by atoms with Gasteiger partial charge in [-0.25, -0.2) is 0 Å². The quantitative estimate of drug-likeness (QED) is 0.721. The average molecular weight is 297 g/mol. The van der Waals surface area contributed by atoms with Gasteiger partial charge in [0.05, 0.1) is 0 Å². The summed E-state index contributed by atoms with van der Waals surface area (Å²) in [4.78, 5) is 14.5. The van der Waals surface area contributed by atoms with E-state index < -0.39 is 0 Å². The van der Waals surface area contributed by atoms with Gasteiger partial charge in [-0.15, -0.1) is 0 Å². The Balaban J connectivity index is 2.40. The first-order valence-corrected chi connectivity index (χ1v) is 8.53. The summed E-state index contributed by atoms with van der Waals surface area (Å²) in [6, 6.07) is 0.271. The fraction of sp³-hybridized carbons (Fsp3) is 0.941. The maximum absolute atomic E-state index is 12.3. The van der Waals surface area contributed by atoms with E-state index in [1.807, 2.05) is 0 Å². The van der Waals surface area contributed by atoms with E-state index >= 15 is 0 Å². The van der Waals surface area contributed by atoms with Gasteiger partial charge >= 0.3 is 0 Å². The number of amides is 1. The van der Waals surface area contributed by atoms with E-state index in [-0.39, 0.29) is 11.9 Å². The average Bonchev–Trinajstić information content (AvgIpc) is 2.37. The zero-order chi connectivity index (χ0) is 15.8. The first-order valence-electron chi connectivity index (χ1n) is 8.53. The number of piperidine rings is 1. The molecule has 4 nitrogen and oxygen atoms in total. The van der Waals surface area contributed by atoms with Crippen LogP contribution < -0.4 is 10.6 Å². The van der Waals surface area contributed by atoms with Crippen LogP contribution in [0.2, 0.25) is 0 Å². The third kappa shape index (κ3) is 7.82. The Morgan fingerprint density at radius 1 is 1.24 bits per heavy atom. The van der Waals surface area contributed by atoms with Gasteiger partial charge in [-0.2, -0.15) is 0 Å². The van der Waals surface area contributed by atoms with Gasteiger partial charge in [0.15, 0.2) is 0 Å². The minimum atomic E-state index is 0.230. The molecular weight excluding hydrogens is 262 g/mol. The Hall–Kier alpha value is -0.610. The van der Waals surface area contributed by atoms with Crippen LogP contribution in [0.25, 0.3) is 0 Å². The zero-order valence-corrected chi connectivity index (χ0v) is 14.6. The van der Waals surface area contributed by atoms with Gasteiger partial charge in [-0.3, -0.25) is 4.79 Å². The van der Waals surface area contributed by atoms with Crippen LogP contribution in [-0.2, 0) is 4.79 Å². The van der Waals surface area contributed by atoms with E-state index in [2.05, 4.69) is 50.4 Å². The van der Waals surface area contributed by atoms with E-state index in [0.717, 1.165) is 26.1 Å². The second kappa shape index (κ2) is 9.42. The van der Waals surface area contributed by atoms with E-state index in [0.29, 0.717) is 24.2 Å². The standard InChI is InChI=1S/C17H35N3O/c1-13(2)10-16(12-20(4)5)19-17(21)11-14(3)15-6-8-18-9-7-15/h13-16,18H,6-12H2,1-5H3,(H,19,21). The molecular formula is C17H35N3O. The molecule has 1 fully saturated rings. The van der Waals surface area contributed by atoms with Crippen molar-refractivity contribution in [2.75, 3.05) is 33.7 Å². The van der Waals surface area contributed by atoms with Crippen LogP contribution in [0.5, 0.6) is 0 Å². The minimum absolute atomic E-state index is 0.230. The van der Waals surface area contributed by atoms with Crippen LogP contribution in [0.4, 0.5) is 0 Å². The number of likely N-dealkylation sites (N-methyl/N-ethyl adjacent to an activating group) is 1. The number of carbonyl (C=O) groups is 1. The predicted octanol–water partition coefficient (Wildman–Crippen LogP) is 2.10. The molecule has 1 heterocycles.